The van der Waals surface area contributed by atoms with Crippen molar-refractivity contribution in [2.24, 2.45) is 0 Å². The van der Waals surface area contributed by atoms with Gasteiger partial charge in [-0.3, -0.25) is 4.79 Å². The van der Waals surface area contributed by atoms with Gasteiger partial charge < -0.3 is 19.9 Å². The maximum atomic E-state index is 12.6. The molecule has 0 unspecified atom stereocenters. The summed E-state index contributed by atoms with van der Waals surface area (Å²) in [6.07, 6.45) is 4.22. The van der Waals surface area contributed by atoms with E-state index in [0.717, 1.165) is 48.4 Å². The molecule has 2 aromatic heterocycles. The van der Waals surface area contributed by atoms with Gasteiger partial charge in [0, 0.05) is 44.0 Å². The lowest BCUT2D eigenvalue weighted by Gasteiger charge is -2.35. The molecule has 8 nitrogen and oxygen atoms in total. The third-order valence-corrected chi connectivity index (χ3v) is 6.31. The van der Waals surface area contributed by atoms with Crippen LogP contribution in [0.4, 0.5) is 10.6 Å². The van der Waals surface area contributed by atoms with E-state index >= 15 is 0 Å². The van der Waals surface area contributed by atoms with Crippen LogP contribution in [0.2, 0.25) is 0 Å². The van der Waals surface area contributed by atoms with E-state index in [2.05, 4.69) is 33.2 Å². The van der Waals surface area contributed by atoms with Gasteiger partial charge in [-0.15, -0.1) is 11.3 Å². The Morgan fingerprint density at radius 2 is 1.90 bits per heavy atom. The van der Waals surface area contributed by atoms with Crippen molar-refractivity contribution in [3.8, 4) is 0 Å². The first-order chi connectivity index (χ1) is 14.8. The van der Waals surface area contributed by atoms with Crippen LogP contribution in [0.15, 0.2) is 12.4 Å². The van der Waals surface area contributed by atoms with Crippen molar-refractivity contribution in [3.05, 3.63) is 17.3 Å². The second-order valence-electron chi connectivity index (χ2n) is 8.74. The highest BCUT2D eigenvalue weighted by Gasteiger charge is 2.23. The third kappa shape index (κ3) is 6.53. The SMILES string of the molecule is CCc1cc2c(N3CCN(C(=O)CCCCNC(=O)OC(C)(C)C)CC3)ncnc2s1. The Labute approximate surface area is 188 Å². The van der Waals surface area contributed by atoms with Gasteiger partial charge in [0.2, 0.25) is 5.91 Å². The molecule has 2 aromatic rings. The predicted octanol–water partition coefficient (Wildman–Crippen LogP) is 3.60. The van der Waals surface area contributed by atoms with E-state index in [0.29, 0.717) is 26.1 Å². The van der Waals surface area contributed by atoms with Gasteiger partial charge in [0.25, 0.3) is 0 Å². The number of nitrogens with one attached hydrogen (secondary N) is 1. The number of rotatable bonds is 7. The van der Waals surface area contributed by atoms with E-state index in [4.69, 9.17) is 4.74 Å². The first-order valence-corrected chi connectivity index (χ1v) is 11.8. The van der Waals surface area contributed by atoms with Crippen LogP contribution in [0.1, 0.15) is 51.8 Å². The average molecular weight is 448 g/mol. The number of piperazine rings is 1. The normalized spacial score (nSPS) is 14.7. The van der Waals surface area contributed by atoms with E-state index in [1.165, 1.54) is 4.88 Å². The van der Waals surface area contributed by atoms with Gasteiger partial charge in [0.15, 0.2) is 0 Å². The number of ether oxygens (including phenoxy) is 1. The summed E-state index contributed by atoms with van der Waals surface area (Å²) in [5.74, 6) is 1.15. The number of hydrogen-bond donors (Lipinski definition) is 1. The van der Waals surface area contributed by atoms with Crippen molar-refractivity contribution in [2.45, 2.75) is 59.0 Å². The van der Waals surface area contributed by atoms with E-state index in [1.807, 2.05) is 25.7 Å². The zero-order valence-corrected chi connectivity index (χ0v) is 19.8. The molecule has 9 heteroatoms. The lowest BCUT2D eigenvalue weighted by atomic mass is 10.2. The summed E-state index contributed by atoms with van der Waals surface area (Å²) in [6, 6.07) is 2.19. The summed E-state index contributed by atoms with van der Waals surface area (Å²) in [6.45, 7) is 11.1. The lowest BCUT2D eigenvalue weighted by Crippen LogP contribution is -2.49. The van der Waals surface area contributed by atoms with Gasteiger partial charge in [0.1, 0.15) is 22.6 Å². The number of carbonyl (C=O) groups is 2. The van der Waals surface area contributed by atoms with Gasteiger partial charge in [-0.05, 0) is 46.1 Å². The van der Waals surface area contributed by atoms with Crippen molar-refractivity contribution in [3.63, 3.8) is 0 Å². The summed E-state index contributed by atoms with van der Waals surface area (Å²) >= 11 is 1.72. The summed E-state index contributed by atoms with van der Waals surface area (Å²) in [5.41, 5.74) is -0.499. The summed E-state index contributed by atoms with van der Waals surface area (Å²) in [5, 5.41) is 3.85. The van der Waals surface area contributed by atoms with Crippen LogP contribution < -0.4 is 10.2 Å². The second kappa shape index (κ2) is 10.3. The number of carbonyl (C=O) groups excluding carboxylic acids is 2. The van der Waals surface area contributed by atoms with Crippen molar-refractivity contribution < 1.29 is 14.3 Å². The van der Waals surface area contributed by atoms with Gasteiger partial charge in [-0.2, -0.15) is 0 Å². The Morgan fingerprint density at radius 1 is 1.16 bits per heavy atom. The van der Waals surface area contributed by atoms with E-state index in [9.17, 15) is 9.59 Å². The maximum Gasteiger partial charge on any atom is 0.407 e. The highest BCUT2D eigenvalue weighted by molar-refractivity contribution is 7.18. The number of hydrogen-bond acceptors (Lipinski definition) is 7. The molecular formula is C22H33N5O3S. The second-order valence-corrected chi connectivity index (χ2v) is 9.85. The van der Waals surface area contributed by atoms with Crippen molar-refractivity contribution >= 4 is 39.4 Å². The molecule has 1 aliphatic heterocycles. The topological polar surface area (TPSA) is 87.7 Å². The number of aromatic nitrogens is 2. The number of nitrogens with zero attached hydrogens (tertiary/aromatic N) is 4. The van der Waals surface area contributed by atoms with Crippen LogP contribution >= 0.6 is 11.3 Å². The molecule has 0 saturated carbocycles. The van der Waals surface area contributed by atoms with Crippen LogP contribution in [0.25, 0.3) is 10.2 Å². The van der Waals surface area contributed by atoms with Crippen LogP contribution in [0, 0.1) is 0 Å². The summed E-state index contributed by atoms with van der Waals surface area (Å²) in [7, 11) is 0. The zero-order valence-electron chi connectivity index (χ0n) is 18.9. The number of aryl methyl sites for hydroxylation is 1. The number of thiophene rings is 1. The fourth-order valence-corrected chi connectivity index (χ4v) is 4.48. The first kappa shape index (κ1) is 23.2. The number of alkyl carbamates (subject to hydrolysis) is 1. The molecule has 0 radical (unpaired) electrons. The van der Waals surface area contributed by atoms with Crippen molar-refractivity contribution in [2.75, 3.05) is 37.6 Å². The van der Waals surface area contributed by atoms with Gasteiger partial charge in [-0.1, -0.05) is 6.92 Å². The molecule has 0 atom stereocenters. The van der Waals surface area contributed by atoms with Crippen LogP contribution in [0.3, 0.4) is 0 Å². The monoisotopic (exact) mass is 447 g/mol. The van der Waals surface area contributed by atoms with E-state index in [1.54, 1.807) is 17.7 Å². The lowest BCUT2D eigenvalue weighted by molar-refractivity contribution is -0.131. The van der Waals surface area contributed by atoms with Gasteiger partial charge in [-0.25, -0.2) is 14.8 Å². The highest BCUT2D eigenvalue weighted by Crippen LogP contribution is 2.31. The molecule has 3 heterocycles. The highest BCUT2D eigenvalue weighted by atomic mass is 32.1. The fraction of sp³-hybridized carbons (Fsp3) is 0.636. The number of amides is 2. The van der Waals surface area contributed by atoms with Crippen molar-refractivity contribution in [1.29, 1.82) is 0 Å². The largest absolute Gasteiger partial charge is 0.444 e. The van der Waals surface area contributed by atoms with Crippen LogP contribution in [-0.2, 0) is 16.0 Å². The number of fused-ring (bicyclic) bond motifs is 1. The molecule has 31 heavy (non-hydrogen) atoms. The minimum absolute atomic E-state index is 0.175. The molecule has 1 fully saturated rings. The Balaban J connectivity index is 1.40. The molecule has 1 aliphatic rings. The number of unbranched alkanes of at least 4 members (excludes halogenated alkanes) is 1. The average Bonchev–Trinajstić information content (AvgIpc) is 3.15. The Morgan fingerprint density at radius 3 is 2.58 bits per heavy atom. The molecule has 1 saturated heterocycles. The van der Waals surface area contributed by atoms with Gasteiger partial charge in [0.05, 0.1) is 5.39 Å². The zero-order chi connectivity index (χ0) is 22.4. The standard InChI is InChI=1S/C22H33N5O3S/c1-5-16-14-17-19(24-15-25-20(17)31-16)27-12-10-26(11-13-27)18(28)8-6-7-9-23-21(29)30-22(2,3)4/h14-15H,5-13H2,1-4H3,(H,23,29). The van der Waals surface area contributed by atoms with E-state index < -0.39 is 11.7 Å². The molecule has 0 spiro atoms. The van der Waals surface area contributed by atoms with Gasteiger partial charge >= 0.3 is 6.09 Å². The maximum absolute atomic E-state index is 12.6. The predicted molar refractivity (Wildman–Crippen MR) is 124 cm³/mol. The van der Waals surface area contributed by atoms with Crippen molar-refractivity contribution in [1.82, 2.24) is 20.2 Å². The molecule has 170 valence electrons. The Bertz CT molecular complexity index is 900. The fourth-order valence-electron chi connectivity index (χ4n) is 3.55. The first-order valence-electron chi connectivity index (χ1n) is 11.0. The summed E-state index contributed by atoms with van der Waals surface area (Å²) in [4.78, 5) is 39.6. The molecular weight excluding hydrogens is 414 g/mol. The molecule has 0 aliphatic carbocycles. The Hall–Kier alpha value is -2.42. The van der Waals surface area contributed by atoms with E-state index in [-0.39, 0.29) is 5.91 Å². The molecule has 0 bridgehead atoms. The molecule has 0 aromatic carbocycles. The molecule has 2 amide bonds. The van der Waals surface area contributed by atoms with Crippen LogP contribution in [0.5, 0.6) is 0 Å². The molecule has 1 N–H and O–H groups in total. The van der Waals surface area contributed by atoms with Crippen LogP contribution in [-0.4, -0.2) is 65.2 Å². The smallest absolute Gasteiger partial charge is 0.407 e. The Kier molecular flexibility index (Phi) is 7.69. The quantitative estimate of drug-likeness (QED) is 0.653. The third-order valence-electron chi connectivity index (χ3n) is 5.13. The summed E-state index contributed by atoms with van der Waals surface area (Å²) < 4.78 is 5.20. The molecule has 3 rings (SSSR count). The minimum atomic E-state index is -0.499. The minimum Gasteiger partial charge on any atom is -0.444 e. The number of anilines is 1.